The van der Waals surface area contributed by atoms with Gasteiger partial charge < -0.3 is 19.7 Å². The second-order valence-electron chi connectivity index (χ2n) is 7.88. The standard InChI is InChI=1S/C24H25FN6O2/c1-16(19-13-17(25)3-4-22(19)32-2)28-23-5-6-24-27-15-21(31(24)29-23)20-14-18(7-8-26-20)30-9-11-33-12-10-30/h3-8,13-16H,9-12H2,1-2H3,(H,28,29)/t16-/m1/s1. The zero-order valence-electron chi connectivity index (χ0n) is 18.5. The normalized spacial score (nSPS) is 14.9. The molecule has 8 nitrogen and oxygen atoms in total. The summed E-state index contributed by atoms with van der Waals surface area (Å²) in [5.74, 6) is 0.931. The zero-order valence-corrected chi connectivity index (χ0v) is 18.5. The van der Waals surface area contributed by atoms with Crippen molar-refractivity contribution >= 4 is 17.2 Å². The van der Waals surface area contributed by atoms with E-state index in [-0.39, 0.29) is 11.9 Å². The molecule has 0 spiro atoms. The van der Waals surface area contributed by atoms with Crippen LogP contribution >= 0.6 is 0 Å². The highest BCUT2D eigenvalue weighted by atomic mass is 19.1. The van der Waals surface area contributed by atoms with Crippen LogP contribution in [0.15, 0.2) is 54.9 Å². The first-order valence-corrected chi connectivity index (χ1v) is 10.9. The highest BCUT2D eigenvalue weighted by Crippen LogP contribution is 2.29. The number of rotatable bonds is 6. The molecule has 1 aromatic carbocycles. The Balaban J connectivity index is 1.45. The summed E-state index contributed by atoms with van der Waals surface area (Å²) in [7, 11) is 1.57. The number of fused-ring (bicyclic) bond motifs is 1. The Morgan fingerprint density at radius 1 is 1.09 bits per heavy atom. The van der Waals surface area contributed by atoms with Gasteiger partial charge in [0.1, 0.15) is 23.1 Å². The maximum Gasteiger partial charge on any atom is 0.154 e. The molecule has 0 aliphatic carbocycles. The third-order valence-electron chi connectivity index (χ3n) is 5.77. The molecule has 9 heteroatoms. The molecular weight excluding hydrogens is 423 g/mol. The first kappa shape index (κ1) is 21.1. The van der Waals surface area contributed by atoms with Gasteiger partial charge in [-0.3, -0.25) is 4.98 Å². The number of anilines is 2. The topological polar surface area (TPSA) is 76.8 Å². The Hall–Kier alpha value is -3.72. The number of nitrogens with zero attached hydrogens (tertiary/aromatic N) is 5. The molecule has 170 valence electrons. The number of pyridine rings is 1. The number of methoxy groups -OCH3 is 1. The number of hydrogen-bond acceptors (Lipinski definition) is 7. The number of halogens is 1. The molecule has 1 aliphatic rings. The molecule has 5 rings (SSSR count). The van der Waals surface area contributed by atoms with Crippen LogP contribution in [-0.2, 0) is 4.74 Å². The molecule has 1 aliphatic heterocycles. The summed E-state index contributed by atoms with van der Waals surface area (Å²) in [6.45, 7) is 5.08. The molecule has 33 heavy (non-hydrogen) atoms. The van der Waals surface area contributed by atoms with Gasteiger partial charge in [-0.15, -0.1) is 5.10 Å². The fourth-order valence-corrected chi connectivity index (χ4v) is 4.05. The first-order valence-electron chi connectivity index (χ1n) is 10.9. The van der Waals surface area contributed by atoms with E-state index in [1.165, 1.54) is 12.1 Å². The number of ether oxygens (including phenoxy) is 2. The Bertz CT molecular complexity index is 1270. The van der Waals surface area contributed by atoms with Gasteiger partial charge in [-0.2, -0.15) is 0 Å². The van der Waals surface area contributed by atoms with Gasteiger partial charge in [0.25, 0.3) is 0 Å². The molecule has 0 saturated carbocycles. The summed E-state index contributed by atoms with van der Waals surface area (Å²) < 4.78 is 26.5. The van der Waals surface area contributed by atoms with Crippen LogP contribution < -0.4 is 15.0 Å². The first-order chi connectivity index (χ1) is 16.1. The molecular formula is C24H25FN6O2. The third-order valence-corrected chi connectivity index (χ3v) is 5.77. The van der Waals surface area contributed by atoms with Crippen LogP contribution in [0.2, 0.25) is 0 Å². The number of benzene rings is 1. The van der Waals surface area contributed by atoms with Crippen molar-refractivity contribution in [3.8, 4) is 17.1 Å². The van der Waals surface area contributed by atoms with Crippen molar-refractivity contribution in [2.24, 2.45) is 0 Å². The van der Waals surface area contributed by atoms with E-state index < -0.39 is 0 Å². The van der Waals surface area contributed by atoms with Crippen LogP contribution in [0.5, 0.6) is 5.75 Å². The fraction of sp³-hybridized carbons (Fsp3) is 0.292. The number of imidazole rings is 1. The number of aromatic nitrogens is 4. The van der Waals surface area contributed by atoms with Crippen LogP contribution in [-0.4, -0.2) is 53.0 Å². The lowest BCUT2D eigenvalue weighted by molar-refractivity contribution is 0.122. The van der Waals surface area contributed by atoms with Gasteiger partial charge in [-0.25, -0.2) is 13.9 Å². The van der Waals surface area contributed by atoms with Gasteiger partial charge in [0, 0.05) is 30.5 Å². The van der Waals surface area contributed by atoms with Gasteiger partial charge in [0.2, 0.25) is 0 Å². The molecule has 4 aromatic rings. The molecule has 1 fully saturated rings. The number of morpholine rings is 1. The van der Waals surface area contributed by atoms with Crippen molar-refractivity contribution in [3.63, 3.8) is 0 Å². The van der Waals surface area contributed by atoms with Crippen LogP contribution in [0.1, 0.15) is 18.5 Å². The van der Waals surface area contributed by atoms with Crippen LogP contribution in [0.4, 0.5) is 15.9 Å². The van der Waals surface area contributed by atoms with E-state index in [4.69, 9.17) is 14.6 Å². The summed E-state index contributed by atoms with van der Waals surface area (Å²) >= 11 is 0. The van der Waals surface area contributed by atoms with Crippen molar-refractivity contribution in [2.75, 3.05) is 43.6 Å². The molecule has 1 atom stereocenters. The largest absolute Gasteiger partial charge is 0.496 e. The molecule has 1 saturated heterocycles. The van der Waals surface area contributed by atoms with Crippen LogP contribution in [0.25, 0.3) is 17.0 Å². The predicted octanol–water partition coefficient (Wildman–Crippen LogP) is 3.95. The highest BCUT2D eigenvalue weighted by Gasteiger charge is 2.16. The average molecular weight is 449 g/mol. The lowest BCUT2D eigenvalue weighted by Gasteiger charge is -2.28. The van der Waals surface area contributed by atoms with Crippen molar-refractivity contribution in [1.29, 1.82) is 0 Å². The third kappa shape index (κ3) is 4.31. The van der Waals surface area contributed by atoms with Gasteiger partial charge in [-0.1, -0.05) is 0 Å². The summed E-state index contributed by atoms with van der Waals surface area (Å²) in [5.41, 5.74) is 4.10. The van der Waals surface area contributed by atoms with E-state index in [0.717, 1.165) is 43.4 Å². The van der Waals surface area contributed by atoms with Crippen LogP contribution in [0.3, 0.4) is 0 Å². The minimum Gasteiger partial charge on any atom is -0.496 e. The molecule has 1 N–H and O–H groups in total. The second-order valence-corrected chi connectivity index (χ2v) is 7.88. The quantitative estimate of drug-likeness (QED) is 0.479. The second kappa shape index (κ2) is 9.03. The van der Waals surface area contributed by atoms with E-state index in [1.807, 2.05) is 25.1 Å². The summed E-state index contributed by atoms with van der Waals surface area (Å²) in [5, 5.41) is 8.07. The van der Waals surface area contributed by atoms with E-state index in [0.29, 0.717) is 22.8 Å². The Morgan fingerprint density at radius 3 is 2.76 bits per heavy atom. The van der Waals surface area contributed by atoms with Gasteiger partial charge in [0.05, 0.1) is 38.3 Å². The SMILES string of the molecule is COc1ccc(F)cc1[C@@H](C)Nc1ccc2ncc(-c3cc(N4CCOCC4)ccn3)n2n1. The van der Waals surface area contributed by atoms with Gasteiger partial charge >= 0.3 is 0 Å². The monoisotopic (exact) mass is 448 g/mol. The van der Waals surface area contributed by atoms with E-state index in [1.54, 1.807) is 30.1 Å². The van der Waals surface area contributed by atoms with Gasteiger partial charge in [0.15, 0.2) is 5.65 Å². The Labute approximate surface area is 191 Å². The van der Waals surface area contributed by atoms with Crippen molar-refractivity contribution in [2.45, 2.75) is 13.0 Å². The minimum atomic E-state index is -0.314. The van der Waals surface area contributed by atoms with Crippen molar-refractivity contribution in [1.82, 2.24) is 19.6 Å². The lowest BCUT2D eigenvalue weighted by Crippen LogP contribution is -2.36. The number of hydrogen-bond donors (Lipinski definition) is 1. The zero-order chi connectivity index (χ0) is 22.8. The molecule has 0 amide bonds. The maximum atomic E-state index is 13.8. The summed E-state index contributed by atoms with van der Waals surface area (Å²) in [6, 6.07) is 12.1. The van der Waals surface area contributed by atoms with E-state index in [9.17, 15) is 4.39 Å². The minimum absolute atomic E-state index is 0.227. The maximum absolute atomic E-state index is 13.8. The lowest BCUT2D eigenvalue weighted by atomic mass is 10.1. The molecule has 3 aromatic heterocycles. The highest BCUT2D eigenvalue weighted by molar-refractivity contribution is 5.65. The molecule has 0 bridgehead atoms. The van der Waals surface area contributed by atoms with Crippen molar-refractivity contribution < 1.29 is 13.9 Å². The average Bonchev–Trinajstić information content (AvgIpc) is 3.28. The van der Waals surface area contributed by atoms with Gasteiger partial charge in [-0.05, 0) is 49.4 Å². The molecule has 4 heterocycles. The number of nitrogens with one attached hydrogen (secondary N) is 1. The van der Waals surface area contributed by atoms with Crippen molar-refractivity contribution in [3.05, 3.63) is 66.2 Å². The molecule has 0 radical (unpaired) electrons. The van der Waals surface area contributed by atoms with E-state index >= 15 is 0 Å². The smallest absolute Gasteiger partial charge is 0.154 e. The fourth-order valence-electron chi connectivity index (χ4n) is 4.05. The Kier molecular flexibility index (Phi) is 5.78. The summed E-state index contributed by atoms with van der Waals surface area (Å²) in [4.78, 5) is 11.3. The van der Waals surface area contributed by atoms with Crippen LogP contribution in [0, 0.1) is 5.82 Å². The molecule has 0 unspecified atom stereocenters. The predicted molar refractivity (Wildman–Crippen MR) is 124 cm³/mol. The van der Waals surface area contributed by atoms with E-state index in [2.05, 4.69) is 26.3 Å². The Morgan fingerprint density at radius 2 is 1.94 bits per heavy atom. The summed E-state index contributed by atoms with van der Waals surface area (Å²) in [6.07, 6.45) is 3.58.